The van der Waals surface area contributed by atoms with Gasteiger partial charge >= 0.3 is 0 Å². The maximum atomic E-state index is 4.47. The van der Waals surface area contributed by atoms with Gasteiger partial charge in [-0.2, -0.15) is 0 Å². The van der Waals surface area contributed by atoms with Crippen LogP contribution >= 0.6 is 0 Å². The van der Waals surface area contributed by atoms with Gasteiger partial charge in [0.05, 0.1) is 6.04 Å². The van der Waals surface area contributed by atoms with Gasteiger partial charge in [0.1, 0.15) is 0 Å². The predicted molar refractivity (Wildman–Crippen MR) is 63.4 cm³/mol. The van der Waals surface area contributed by atoms with E-state index in [2.05, 4.69) is 46.7 Å². The van der Waals surface area contributed by atoms with Crippen LogP contribution in [0.3, 0.4) is 0 Å². The number of allylic oxidation sites excluding steroid dienone is 1. The highest BCUT2D eigenvalue weighted by Crippen LogP contribution is 2.36. The van der Waals surface area contributed by atoms with Crippen molar-refractivity contribution in [3.8, 4) is 0 Å². The molecule has 3 rings (SSSR count). The molecule has 0 saturated carbocycles. The molecule has 0 spiro atoms. The second-order valence-electron chi connectivity index (χ2n) is 3.79. The van der Waals surface area contributed by atoms with Crippen molar-refractivity contribution in [2.75, 3.05) is 5.32 Å². The molecule has 1 aromatic rings. The number of nitrogens with one attached hydrogen (secondary N) is 1. The molecule has 1 aliphatic heterocycles. The molecule has 2 unspecified atom stereocenters. The summed E-state index contributed by atoms with van der Waals surface area (Å²) in [5, 5.41) is 3.28. The van der Waals surface area contributed by atoms with Crippen molar-refractivity contribution >= 4 is 11.9 Å². The average Bonchev–Trinajstić information content (AvgIpc) is 2.28. The van der Waals surface area contributed by atoms with Gasteiger partial charge in [-0.1, -0.05) is 30.4 Å². The lowest BCUT2D eigenvalue weighted by molar-refractivity contribution is 0.668. The van der Waals surface area contributed by atoms with Gasteiger partial charge in [-0.15, -0.1) is 0 Å². The lowest BCUT2D eigenvalue weighted by atomic mass is 9.82. The fourth-order valence-electron chi connectivity index (χ4n) is 2.00. The van der Waals surface area contributed by atoms with Gasteiger partial charge in [-0.25, -0.2) is 0 Å². The number of hydrogen-bond acceptors (Lipinski definition) is 2. The maximum Gasteiger partial charge on any atom is 0.0783 e. The Morgan fingerprint density at radius 2 is 2.07 bits per heavy atom. The molecule has 1 aromatic carbocycles. The lowest BCUT2D eigenvalue weighted by Crippen LogP contribution is -2.21. The van der Waals surface area contributed by atoms with E-state index in [1.54, 1.807) is 0 Å². The molecule has 0 bridgehead atoms. The Labute approximate surface area is 89.0 Å². The third-order valence-corrected chi connectivity index (χ3v) is 2.88. The van der Waals surface area contributed by atoms with E-state index in [9.17, 15) is 0 Å². The first-order valence-corrected chi connectivity index (χ1v) is 5.17. The maximum absolute atomic E-state index is 4.47. The SMILES string of the molecule is C1=CNc2ccccc2C2C=CC2N=C1. The standard InChI is InChI=1S/C13H12N2/c1-2-5-12-10(4-1)11-6-7-13(11)15-9-3-8-14-12/h1-9,11,13-14H. The van der Waals surface area contributed by atoms with Crippen LogP contribution in [-0.2, 0) is 0 Å². The molecule has 1 aliphatic carbocycles. The van der Waals surface area contributed by atoms with Gasteiger partial charge in [0.2, 0.25) is 0 Å². The zero-order valence-electron chi connectivity index (χ0n) is 8.30. The normalized spacial score (nSPS) is 26.4. The largest absolute Gasteiger partial charge is 0.361 e. The fraction of sp³-hybridized carbons (Fsp3) is 0.154. The summed E-state index contributed by atoms with van der Waals surface area (Å²) in [5.41, 5.74) is 2.51. The molecule has 2 nitrogen and oxygen atoms in total. The number of para-hydroxylation sites is 1. The van der Waals surface area contributed by atoms with Crippen LogP contribution in [0, 0.1) is 0 Å². The number of aliphatic imine (C=N–C) groups is 1. The van der Waals surface area contributed by atoms with Gasteiger partial charge < -0.3 is 5.32 Å². The van der Waals surface area contributed by atoms with Crippen LogP contribution in [0.1, 0.15) is 11.5 Å². The van der Waals surface area contributed by atoms with Gasteiger partial charge in [0.25, 0.3) is 0 Å². The summed E-state index contributed by atoms with van der Waals surface area (Å²) in [6.45, 7) is 0. The van der Waals surface area contributed by atoms with Gasteiger partial charge in [-0.05, 0) is 17.7 Å². The third kappa shape index (κ3) is 1.38. The van der Waals surface area contributed by atoms with E-state index >= 15 is 0 Å². The van der Waals surface area contributed by atoms with Crippen molar-refractivity contribution in [1.82, 2.24) is 0 Å². The number of benzene rings is 1. The van der Waals surface area contributed by atoms with Crippen LogP contribution < -0.4 is 5.32 Å². The molecule has 0 fully saturated rings. The first kappa shape index (κ1) is 8.48. The second kappa shape index (κ2) is 3.39. The van der Waals surface area contributed by atoms with Crippen LogP contribution in [0.4, 0.5) is 5.69 Å². The number of nitrogens with zero attached hydrogens (tertiary/aromatic N) is 1. The highest BCUT2D eigenvalue weighted by atomic mass is 14.9. The molecule has 2 heteroatoms. The van der Waals surface area contributed by atoms with E-state index in [1.165, 1.54) is 11.3 Å². The van der Waals surface area contributed by atoms with Crippen LogP contribution in [0.2, 0.25) is 0 Å². The number of fused-ring (bicyclic) bond motifs is 3. The molecule has 0 aromatic heterocycles. The zero-order valence-corrected chi connectivity index (χ0v) is 8.30. The molecule has 0 saturated heterocycles. The number of rotatable bonds is 0. The Kier molecular flexibility index (Phi) is 1.91. The monoisotopic (exact) mass is 196 g/mol. The minimum Gasteiger partial charge on any atom is -0.361 e. The molecule has 1 heterocycles. The van der Waals surface area contributed by atoms with E-state index in [4.69, 9.17) is 0 Å². The van der Waals surface area contributed by atoms with E-state index in [0.717, 1.165) is 0 Å². The summed E-state index contributed by atoms with van der Waals surface area (Å²) >= 11 is 0. The average molecular weight is 196 g/mol. The minimum atomic E-state index is 0.315. The minimum absolute atomic E-state index is 0.315. The predicted octanol–water partition coefficient (Wildman–Crippen LogP) is 2.72. The Morgan fingerprint density at radius 3 is 2.93 bits per heavy atom. The van der Waals surface area contributed by atoms with Gasteiger partial charge in [-0.3, -0.25) is 4.99 Å². The van der Waals surface area contributed by atoms with E-state index in [1.807, 2.05) is 18.5 Å². The summed E-state index contributed by atoms with van der Waals surface area (Å²) in [4.78, 5) is 4.47. The molecular formula is C13H12N2. The van der Waals surface area contributed by atoms with Gasteiger partial charge in [0, 0.05) is 24.0 Å². The summed E-state index contributed by atoms with van der Waals surface area (Å²) in [6, 6.07) is 8.72. The summed E-state index contributed by atoms with van der Waals surface area (Å²) in [7, 11) is 0. The smallest absolute Gasteiger partial charge is 0.0783 e. The van der Waals surface area contributed by atoms with Crippen molar-refractivity contribution < 1.29 is 0 Å². The lowest BCUT2D eigenvalue weighted by Gasteiger charge is -2.27. The third-order valence-electron chi connectivity index (χ3n) is 2.88. The quantitative estimate of drug-likeness (QED) is 0.634. The highest BCUT2D eigenvalue weighted by molar-refractivity contribution is 5.73. The van der Waals surface area contributed by atoms with Crippen LogP contribution in [0.25, 0.3) is 0 Å². The van der Waals surface area contributed by atoms with Crippen molar-refractivity contribution in [1.29, 1.82) is 0 Å². The molecule has 74 valence electrons. The summed E-state index contributed by atoms with van der Waals surface area (Å²) < 4.78 is 0. The van der Waals surface area contributed by atoms with E-state index in [-0.39, 0.29) is 0 Å². The molecule has 15 heavy (non-hydrogen) atoms. The molecule has 1 N–H and O–H groups in total. The topological polar surface area (TPSA) is 24.4 Å². The van der Waals surface area contributed by atoms with Crippen molar-refractivity contribution in [2.45, 2.75) is 12.0 Å². The first-order chi connectivity index (χ1) is 7.45. The van der Waals surface area contributed by atoms with Crippen molar-refractivity contribution in [3.63, 3.8) is 0 Å². The van der Waals surface area contributed by atoms with Gasteiger partial charge in [0.15, 0.2) is 0 Å². The van der Waals surface area contributed by atoms with Crippen LogP contribution in [0.5, 0.6) is 0 Å². The Bertz CT molecular complexity index is 457. The second-order valence-corrected chi connectivity index (χ2v) is 3.79. The first-order valence-electron chi connectivity index (χ1n) is 5.17. The number of hydrogen-bond donors (Lipinski definition) is 1. The summed E-state index contributed by atoms with van der Waals surface area (Å²) in [5.74, 6) is 0.435. The van der Waals surface area contributed by atoms with Crippen molar-refractivity contribution in [3.05, 3.63) is 54.3 Å². The molecule has 0 radical (unpaired) electrons. The summed E-state index contributed by atoms with van der Waals surface area (Å²) in [6.07, 6.45) is 10.1. The van der Waals surface area contributed by atoms with Crippen molar-refractivity contribution in [2.24, 2.45) is 4.99 Å². The zero-order chi connectivity index (χ0) is 10.1. The van der Waals surface area contributed by atoms with Crippen LogP contribution in [-0.4, -0.2) is 12.3 Å². The molecule has 2 atom stereocenters. The fourth-order valence-corrected chi connectivity index (χ4v) is 2.00. The highest BCUT2D eigenvalue weighted by Gasteiger charge is 2.26. The number of anilines is 1. The Morgan fingerprint density at radius 1 is 1.13 bits per heavy atom. The Balaban J connectivity index is 2.09. The molecule has 2 aliphatic rings. The van der Waals surface area contributed by atoms with E-state index < -0.39 is 0 Å². The Hall–Kier alpha value is -1.83. The van der Waals surface area contributed by atoms with Crippen LogP contribution in [0.15, 0.2) is 53.7 Å². The molecule has 0 amide bonds. The van der Waals surface area contributed by atoms with E-state index in [0.29, 0.717) is 12.0 Å². The molecular weight excluding hydrogens is 184 g/mol.